The Bertz CT molecular complexity index is 609. The van der Waals surface area contributed by atoms with Crippen molar-refractivity contribution < 1.29 is 18.8 Å². The Morgan fingerprint density at radius 3 is 2.54 bits per heavy atom. The minimum absolute atomic E-state index is 0.00863. The van der Waals surface area contributed by atoms with E-state index in [1.807, 2.05) is 13.8 Å². The second kappa shape index (κ2) is 8.66. The van der Waals surface area contributed by atoms with Crippen molar-refractivity contribution in [2.75, 3.05) is 13.2 Å². The van der Waals surface area contributed by atoms with E-state index in [1.165, 1.54) is 0 Å². The van der Waals surface area contributed by atoms with Crippen LogP contribution in [0.25, 0.3) is 0 Å². The highest BCUT2D eigenvalue weighted by molar-refractivity contribution is 5.80. The van der Waals surface area contributed by atoms with Crippen molar-refractivity contribution in [1.82, 2.24) is 15.8 Å². The van der Waals surface area contributed by atoms with Gasteiger partial charge in [0.25, 0.3) is 0 Å². The minimum atomic E-state index is -0.00863. The molecular weight excluding hydrogens is 334 g/mol. The van der Waals surface area contributed by atoms with Gasteiger partial charge in [0.1, 0.15) is 5.76 Å². The summed E-state index contributed by atoms with van der Waals surface area (Å²) in [7, 11) is 0. The van der Waals surface area contributed by atoms with Crippen molar-refractivity contribution in [2.24, 2.45) is 5.92 Å². The summed E-state index contributed by atoms with van der Waals surface area (Å²) in [6, 6.07) is 0.144. The Labute approximate surface area is 154 Å². The molecule has 1 atom stereocenters. The monoisotopic (exact) mass is 363 g/mol. The number of hydrogen-bond acceptors (Lipinski definition) is 5. The average molecular weight is 363 g/mol. The smallest absolute Gasteiger partial charge is 0.224 e. The molecule has 3 rings (SSSR count). The fourth-order valence-corrected chi connectivity index (χ4v) is 3.86. The highest BCUT2D eigenvalue weighted by Crippen LogP contribution is 2.25. The van der Waals surface area contributed by atoms with E-state index in [-0.39, 0.29) is 29.9 Å². The van der Waals surface area contributed by atoms with Gasteiger partial charge in [-0.05, 0) is 52.4 Å². The van der Waals surface area contributed by atoms with E-state index in [2.05, 4.69) is 15.8 Å². The SMILES string of the molecule is Cc1noc(C)c1CC(=O)NC1CCC(C(=O)NCC2CCCO2)CC1. The Morgan fingerprint density at radius 1 is 1.15 bits per heavy atom. The van der Waals surface area contributed by atoms with Crippen LogP contribution in [0.15, 0.2) is 4.52 Å². The van der Waals surface area contributed by atoms with Crippen LogP contribution in [0, 0.1) is 19.8 Å². The van der Waals surface area contributed by atoms with Crippen LogP contribution in [0.1, 0.15) is 55.5 Å². The molecule has 2 heterocycles. The van der Waals surface area contributed by atoms with E-state index in [9.17, 15) is 9.59 Å². The van der Waals surface area contributed by atoms with E-state index >= 15 is 0 Å². The Hall–Kier alpha value is -1.89. The molecule has 0 radical (unpaired) electrons. The van der Waals surface area contributed by atoms with Gasteiger partial charge in [-0.3, -0.25) is 9.59 Å². The molecule has 7 nitrogen and oxygen atoms in total. The number of nitrogens with one attached hydrogen (secondary N) is 2. The lowest BCUT2D eigenvalue weighted by Gasteiger charge is -2.28. The van der Waals surface area contributed by atoms with Gasteiger partial charge >= 0.3 is 0 Å². The number of carbonyl (C=O) groups is 2. The predicted octanol–water partition coefficient (Wildman–Crippen LogP) is 1.80. The number of aryl methyl sites for hydroxylation is 2. The zero-order valence-electron chi connectivity index (χ0n) is 15.7. The van der Waals surface area contributed by atoms with Crippen molar-refractivity contribution in [2.45, 2.75) is 70.9 Å². The molecular formula is C19H29N3O4. The van der Waals surface area contributed by atoms with Crippen LogP contribution in [0.3, 0.4) is 0 Å². The van der Waals surface area contributed by atoms with Crippen LogP contribution >= 0.6 is 0 Å². The molecule has 1 aromatic rings. The molecule has 26 heavy (non-hydrogen) atoms. The van der Waals surface area contributed by atoms with Gasteiger partial charge in [0.05, 0.1) is 18.2 Å². The van der Waals surface area contributed by atoms with Crippen molar-refractivity contribution in [3.63, 3.8) is 0 Å². The Morgan fingerprint density at radius 2 is 1.92 bits per heavy atom. The molecule has 2 N–H and O–H groups in total. The molecule has 0 aromatic carbocycles. The third kappa shape index (κ3) is 4.84. The molecule has 1 unspecified atom stereocenters. The first-order valence-electron chi connectivity index (χ1n) is 9.63. The molecule has 1 saturated carbocycles. The van der Waals surface area contributed by atoms with E-state index < -0.39 is 0 Å². The number of hydrogen-bond donors (Lipinski definition) is 2. The summed E-state index contributed by atoms with van der Waals surface area (Å²) in [5, 5.41) is 9.99. The standard InChI is InChI=1S/C19H29N3O4/c1-12-17(13(2)26-22-12)10-18(23)21-15-7-5-14(6-8-15)19(24)20-11-16-4-3-9-25-16/h14-16H,3-11H2,1-2H3,(H,20,24)(H,21,23). The predicted molar refractivity (Wildman–Crippen MR) is 95.6 cm³/mol. The van der Waals surface area contributed by atoms with Crippen LogP contribution in [0.4, 0.5) is 0 Å². The van der Waals surface area contributed by atoms with Gasteiger partial charge in [0, 0.05) is 30.7 Å². The molecule has 1 aliphatic heterocycles. The largest absolute Gasteiger partial charge is 0.376 e. The molecule has 2 amide bonds. The topological polar surface area (TPSA) is 93.5 Å². The summed E-state index contributed by atoms with van der Waals surface area (Å²) in [5.74, 6) is 0.864. The summed E-state index contributed by atoms with van der Waals surface area (Å²) in [5.41, 5.74) is 1.63. The lowest BCUT2D eigenvalue weighted by molar-refractivity contribution is -0.126. The van der Waals surface area contributed by atoms with Crippen LogP contribution in [-0.2, 0) is 20.7 Å². The highest BCUT2D eigenvalue weighted by Gasteiger charge is 2.28. The molecule has 1 saturated heterocycles. The van der Waals surface area contributed by atoms with Crippen molar-refractivity contribution in [1.29, 1.82) is 0 Å². The third-order valence-corrected chi connectivity index (χ3v) is 5.51. The van der Waals surface area contributed by atoms with Gasteiger partial charge < -0.3 is 19.9 Å². The molecule has 144 valence electrons. The number of amides is 2. The Kier molecular flexibility index (Phi) is 6.29. The van der Waals surface area contributed by atoms with E-state index in [0.29, 0.717) is 18.7 Å². The summed E-state index contributed by atoms with van der Waals surface area (Å²) < 4.78 is 10.6. The third-order valence-electron chi connectivity index (χ3n) is 5.51. The van der Waals surface area contributed by atoms with Gasteiger partial charge in [-0.2, -0.15) is 0 Å². The quantitative estimate of drug-likeness (QED) is 0.804. The first-order chi connectivity index (χ1) is 12.5. The van der Waals surface area contributed by atoms with Gasteiger partial charge in [-0.1, -0.05) is 5.16 Å². The maximum atomic E-state index is 12.3. The van der Waals surface area contributed by atoms with Crippen LogP contribution < -0.4 is 10.6 Å². The first-order valence-corrected chi connectivity index (χ1v) is 9.63. The van der Waals surface area contributed by atoms with Gasteiger partial charge in [-0.25, -0.2) is 0 Å². The van der Waals surface area contributed by atoms with Gasteiger partial charge in [0.15, 0.2) is 0 Å². The fourth-order valence-electron chi connectivity index (χ4n) is 3.86. The number of aromatic nitrogens is 1. The number of ether oxygens (including phenoxy) is 1. The summed E-state index contributed by atoms with van der Waals surface area (Å²) in [4.78, 5) is 24.6. The van der Waals surface area contributed by atoms with Crippen LogP contribution in [-0.4, -0.2) is 42.3 Å². The van der Waals surface area contributed by atoms with E-state index in [4.69, 9.17) is 9.26 Å². The van der Waals surface area contributed by atoms with E-state index in [1.54, 1.807) is 0 Å². The second-order valence-electron chi connectivity index (χ2n) is 7.48. The first kappa shape index (κ1) is 18.9. The summed E-state index contributed by atoms with van der Waals surface area (Å²) in [6.45, 7) is 5.09. The second-order valence-corrected chi connectivity index (χ2v) is 7.48. The summed E-state index contributed by atoms with van der Waals surface area (Å²) in [6.07, 6.45) is 5.89. The summed E-state index contributed by atoms with van der Waals surface area (Å²) >= 11 is 0. The minimum Gasteiger partial charge on any atom is -0.376 e. The Balaban J connectivity index is 1.37. The molecule has 1 aromatic heterocycles. The van der Waals surface area contributed by atoms with Crippen LogP contribution in [0.5, 0.6) is 0 Å². The lowest BCUT2D eigenvalue weighted by Crippen LogP contribution is -2.42. The highest BCUT2D eigenvalue weighted by atomic mass is 16.5. The maximum absolute atomic E-state index is 12.3. The van der Waals surface area contributed by atoms with Crippen molar-refractivity contribution in [3.8, 4) is 0 Å². The van der Waals surface area contributed by atoms with Gasteiger partial charge in [0.2, 0.25) is 11.8 Å². The lowest BCUT2D eigenvalue weighted by atomic mass is 9.85. The average Bonchev–Trinajstić information content (AvgIpc) is 3.26. The zero-order chi connectivity index (χ0) is 18.5. The molecule has 2 aliphatic rings. The number of nitrogens with zero attached hydrogens (tertiary/aromatic N) is 1. The fraction of sp³-hybridized carbons (Fsp3) is 0.737. The zero-order valence-corrected chi connectivity index (χ0v) is 15.7. The van der Waals surface area contributed by atoms with Crippen LogP contribution in [0.2, 0.25) is 0 Å². The normalized spacial score (nSPS) is 25.8. The number of carbonyl (C=O) groups excluding carboxylic acids is 2. The van der Waals surface area contributed by atoms with Gasteiger partial charge in [-0.15, -0.1) is 0 Å². The molecule has 7 heteroatoms. The van der Waals surface area contributed by atoms with E-state index in [0.717, 1.165) is 56.4 Å². The molecule has 2 fully saturated rings. The molecule has 1 aliphatic carbocycles. The van der Waals surface area contributed by atoms with Crippen molar-refractivity contribution in [3.05, 3.63) is 17.0 Å². The van der Waals surface area contributed by atoms with Crippen molar-refractivity contribution >= 4 is 11.8 Å². The maximum Gasteiger partial charge on any atom is 0.224 e. The molecule has 0 spiro atoms. The number of rotatable bonds is 6. The molecule has 0 bridgehead atoms.